The van der Waals surface area contributed by atoms with E-state index in [1.807, 2.05) is 30.6 Å². The highest BCUT2D eigenvalue weighted by atomic mass is 16.2. The normalized spacial score (nSPS) is 14.4. The number of amides is 1. The molecule has 0 bridgehead atoms. The van der Waals surface area contributed by atoms with E-state index in [4.69, 9.17) is 11.1 Å². The van der Waals surface area contributed by atoms with Crippen molar-refractivity contribution in [2.75, 3.05) is 18.8 Å². The first kappa shape index (κ1) is 23.6. The summed E-state index contributed by atoms with van der Waals surface area (Å²) >= 11 is 0. The number of anilines is 1. The maximum absolute atomic E-state index is 13.0. The van der Waals surface area contributed by atoms with Crippen LogP contribution < -0.4 is 5.73 Å². The number of likely N-dealkylation sites (tertiary alicyclic amines) is 1. The number of nitrogens with zero attached hydrogens (tertiary/aromatic N) is 4. The summed E-state index contributed by atoms with van der Waals surface area (Å²) in [6.07, 6.45) is 5.35. The Balaban J connectivity index is 1.47. The fraction of sp³-hybridized carbons (Fsp3) is 0.333. The van der Waals surface area contributed by atoms with Crippen molar-refractivity contribution in [3.8, 4) is 0 Å². The van der Waals surface area contributed by atoms with E-state index in [1.165, 1.54) is 11.1 Å². The second kappa shape index (κ2) is 10.6. The number of para-hydroxylation sites is 1. The summed E-state index contributed by atoms with van der Waals surface area (Å²) in [6, 6.07) is 15.5. The van der Waals surface area contributed by atoms with E-state index >= 15 is 0 Å². The van der Waals surface area contributed by atoms with Crippen LogP contribution in [-0.2, 0) is 17.9 Å². The van der Waals surface area contributed by atoms with E-state index in [1.54, 1.807) is 23.1 Å². The summed E-state index contributed by atoms with van der Waals surface area (Å²) in [5.74, 6) is -0.260. The molecular weight excluding hydrogens is 424 g/mol. The summed E-state index contributed by atoms with van der Waals surface area (Å²) < 4.78 is 0. The van der Waals surface area contributed by atoms with Crippen LogP contribution in [0.4, 0.5) is 5.69 Å². The molecule has 0 atom stereocenters. The van der Waals surface area contributed by atoms with E-state index in [0.29, 0.717) is 30.4 Å². The van der Waals surface area contributed by atoms with Crippen molar-refractivity contribution in [3.63, 3.8) is 0 Å². The Morgan fingerprint density at radius 2 is 1.53 bits per heavy atom. The average Bonchev–Trinajstić information content (AvgIpc) is 2.86. The van der Waals surface area contributed by atoms with Gasteiger partial charge in [0, 0.05) is 55.9 Å². The third kappa shape index (κ3) is 5.31. The van der Waals surface area contributed by atoms with Gasteiger partial charge >= 0.3 is 0 Å². The molecule has 176 valence electrons. The predicted molar refractivity (Wildman–Crippen MR) is 134 cm³/mol. The van der Waals surface area contributed by atoms with Crippen molar-refractivity contribution in [2.24, 2.45) is 0 Å². The first-order valence-electron chi connectivity index (χ1n) is 11.7. The first-order valence-corrected chi connectivity index (χ1v) is 11.7. The maximum atomic E-state index is 13.0. The second-order valence-electron chi connectivity index (χ2n) is 8.92. The SMILES string of the molecule is Cc1cccnc1CN(Cc1ncccc1C)C1CCN(C(=O)C(=N)c2ccccc2N)CC1. The molecule has 34 heavy (non-hydrogen) atoms. The van der Waals surface area contributed by atoms with Crippen LogP contribution in [0.15, 0.2) is 60.9 Å². The van der Waals surface area contributed by atoms with Gasteiger partial charge in [-0.3, -0.25) is 25.1 Å². The number of hydrogen-bond acceptors (Lipinski definition) is 6. The lowest BCUT2D eigenvalue weighted by Crippen LogP contribution is -2.48. The smallest absolute Gasteiger partial charge is 0.272 e. The molecule has 7 nitrogen and oxygen atoms in total. The van der Waals surface area contributed by atoms with E-state index in [9.17, 15) is 4.79 Å². The molecule has 1 aliphatic rings. The van der Waals surface area contributed by atoms with Crippen molar-refractivity contribution < 1.29 is 4.79 Å². The molecule has 0 saturated carbocycles. The van der Waals surface area contributed by atoms with Crippen LogP contribution in [-0.4, -0.2) is 50.5 Å². The molecule has 4 rings (SSSR count). The molecular formula is C27H32N6O. The fourth-order valence-electron chi connectivity index (χ4n) is 4.50. The topological polar surface area (TPSA) is 99.2 Å². The van der Waals surface area contributed by atoms with Crippen LogP contribution in [0.1, 0.15) is 40.9 Å². The Morgan fingerprint density at radius 3 is 2.06 bits per heavy atom. The van der Waals surface area contributed by atoms with E-state index < -0.39 is 0 Å². The number of piperidine rings is 1. The minimum atomic E-state index is -0.260. The van der Waals surface area contributed by atoms with Crippen molar-refractivity contribution >= 4 is 17.3 Å². The van der Waals surface area contributed by atoms with Crippen molar-refractivity contribution in [1.82, 2.24) is 19.8 Å². The summed E-state index contributed by atoms with van der Waals surface area (Å²) in [5.41, 5.74) is 11.4. The van der Waals surface area contributed by atoms with Gasteiger partial charge in [0.05, 0.1) is 11.4 Å². The highest BCUT2D eigenvalue weighted by Crippen LogP contribution is 2.23. The number of aromatic nitrogens is 2. The summed E-state index contributed by atoms with van der Waals surface area (Å²) in [6.45, 7) is 6.87. The van der Waals surface area contributed by atoms with Gasteiger partial charge < -0.3 is 10.6 Å². The lowest BCUT2D eigenvalue weighted by Gasteiger charge is -2.38. The average molecular weight is 457 g/mol. The Hall–Kier alpha value is -3.58. The van der Waals surface area contributed by atoms with Gasteiger partial charge in [-0.05, 0) is 56.0 Å². The molecule has 0 radical (unpaired) electrons. The molecule has 3 aromatic rings. The molecule has 7 heteroatoms. The van der Waals surface area contributed by atoms with Gasteiger partial charge in [-0.1, -0.05) is 30.3 Å². The first-order chi connectivity index (χ1) is 16.4. The number of aryl methyl sites for hydroxylation is 2. The molecule has 3 N–H and O–H groups in total. The molecule has 1 aliphatic heterocycles. The lowest BCUT2D eigenvalue weighted by atomic mass is 10.00. The van der Waals surface area contributed by atoms with Crippen LogP contribution in [0, 0.1) is 19.3 Å². The van der Waals surface area contributed by atoms with Gasteiger partial charge in [-0.2, -0.15) is 0 Å². The number of hydrogen-bond donors (Lipinski definition) is 2. The molecule has 1 fully saturated rings. The van der Waals surface area contributed by atoms with Gasteiger partial charge in [0.25, 0.3) is 5.91 Å². The van der Waals surface area contributed by atoms with E-state index in [2.05, 4.69) is 40.8 Å². The van der Waals surface area contributed by atoms with Crippen molar-refractivity contribution in [2.45, 2.75) is 45.8 Å². The fourth-order valence-corrected chi connectivity index (χ4v) is 4.50. The van der Waals surface area contributed by atoms with Crippen LogP contribution in [0.3, 0.4) is 0 Å². The van der Waals surface area contributed by atoms with E-state index in [0.717, 1.165) is 37.3 Å². The van der Waals surface area contributed by atoms with Gasteiger partial charge in [0.2, 0.25) is 0 Å². The zero-order chi connectivity index (χ0) is 24.1. The largest absolute Gasteiger partial charge is 0.398 e. The molecule has 1 aromatic carbocycles. The molecule has 0 spiro atoms. The number of pyridine rings is 2. The zero-order valence-corrected chi connectivity index (χ0v) is 19.9. The predicted octanol–water partition coefficient (Wildman–Crippen LogP) is 3.74. The Kier molecular flexibility index (Phi) is 7.33. The van der Waals surface area contributed by atoms with Crippen LogP contribution in [0.5, 0.6) is 0 Å². The number of benzene rings is 1. The number of nitrogen functional groups attached to an aromatic ring is 1. The summed E-state index contributed by atoms with van der Waals surface area (Å²) in [7, 11) is 0. The standard InChI is InChI=1S/C27H32N6O/c1-19-7-5-13-30-24(19)17-33(18-25-20(2)8-6-14-31-25)21-11-15-32(16-12-21)27(34)26(29)22-9-3-4-10-23(22)28/h3-10,13-14,21,29H,11-12,15-18,28H2,1-2H3. The van der Waals surface area contributed by atoms with Crippen molar-refractivity contribution in [1.29, 1.82) is 5.41 Å². The van der Waals surface area contributed by atoms with Gasteiger partial charge in [0.15, 0.2) is 0 Å². The van der Waals surface area contributed by atoms with Crippen LogP contribution >= 0.6 is 0 Å². The number of nitrogens with two attached hydrogens (primary N) is 1. The number of carbonyl (C=O) groups excluding carboxylic acids is 1. The van der Waals surface area contributed by atoms with Gasteiger partial charge in [-0.25, -0.2) is 0 Å². The maximum Gasteiger partial charge on any atom is 0.272 e. The van der Waals surface area contributed by atoms with Crippen molar-refractivity contribution in [3.05, 3.63) is 89.0 Å². The Bertz CT molecular complexity index is 1120. The summed E-state index contributed by atoms with van der Waals surface area (Å²) in [4.78, 5) is 26.5. The molecule has 0 unspecified atom stereocenters. The second-order valence-corrected chi connectivity index (χ2v) is 8.92. The number of rotatable bonds is 7. The molecule has 1 saturated heterocycles. The molecule has 3 heterocycles. The van der Waals surface area contributed by atoms with Gasteiger partial charge in [0.1, 0.15) is 5.71 Å². The molecule has 1 amide bonds. The molecule has 2 aromatic heterocycles. The molecule has 0 aliphatic carbocycles. The minimum Gasteiger partial charge on any atom is -0.398 e. The van der Waals surface area contributed by atoms with Crippen LogP contribution in [0.2, 0.25) is 0 Å². The number of carbonyl (C=O) groups is 1. The minimum absolute atomic E-state index is 0.0402. The van der Waals surface area contributed by atoms with Crippen LogP contribution in [0.25, 0.3) is 0 Å². The highest BCUT2D eigenvalue weighted by molar-refractivity contribution is 6.45. The lowest BCUT2D eigenvalue weighted by molar-refractivity contribution is -0.125. The van der Waals surface area contributed by atoms with E-state index in [-0.39, 0.29) is 11.6 Å². The third-order valence-electron chi connectivity index (χ3n) is 6.65. The monoisotopic (exact) mass is 456 g/mol. The third-order valence-corrected chi connectivity index (χ3v) is 6.65. The summed E-state index contributed by atoms with van der Waals surface area (Å²) in [5, 5.41) is 8.39. The zero-order valence-electron chi connectivity index (χ0n) is 19.9. The quantitative estimate of drug-likeness (QED) is 0.417. The highest BCUT2D eigenvalue weighted by Gasteiger charge is 2.30. The van der Waals surface area contributed by atoms with Gasteiger partial charge in [-0.15, -0.1) is 0 Å². The Labute approximate surface area is 201 Å². The Morgan fingerprint density at radius 1 is 0.971 bits per heavy atom. The number of nitrogens with one attached hydrogen (secondary N) is 1.